The fraction of sp³-hybridized carbons (Fsp3) is 0.550. The molecule has 1 atom stereocenters. The van der Waals surface area contributed by atoms with Crippen LogP contribution in [0.3, 0.4) is 0 Å². The van der Waals surface area contributed by atoms with E-state index in [2.05, 4.69) is 12.2 Å². The van der Waals surface area contributed by atoms with Crippen LogP contribution in [0.15, 0.2) is 24.3 Å². The second kappa shape index (κ2) is 7.48. The summed E-state index contributed by atoms with van der Waals surface area (Å²) in [4.78, 5) is 41.2. The number of benzene rings is 1. The molecular formula is C20H27N3O3. The van der Waals surface area contributed by atoms with Gasteiger partial charge in [-0.2, -0.15) is 0 Å². The number of anilines is 1. The SMILES string of the molecule is CCCCCCNC(=O)CN1C(=O)c2ccccc2N2C(=O)CCC12C. The number of rotatable bonds is 7. The maximum absolute atomic E-state index is 13.0. The van der Waals surface area contributed by atoms with Crippen molar-refractivity contribution in [2.45, 2.75) is 58.0 Å². The van der Waals surface area contributed by atoms with E-state index in [1.165, 1.54) is 0 Å². The molecule has 26 heavy (non-hydrogen) atoms. The van der Waals surface area contributed by atoms with Crippen molar-refractivity contribution in [1.29, 1.82) is 0 Å². The van der Waals surface area contributed by atoms with Gasteiger partial charge >= 0.3 is 0 Å². The van der Waals surface area contributed by atoms with Crippen LogP contribution in [0.1, 0.15) is 62.7 Å². The molecule has 0 aromatic heterocycles. The molecule has 140 valence electrons. The lowest BCUT2D eigenvalue weighted by atomic mass is 9.98. The van der Waals surface area contributed by atoms with Gasteiger partial charge in [0.15, 0.2) is 0 Å². The maximum Gasteiger partial charge on any atom is 0.258 e. The Labute approximate surface area is 154 Å². The van der Waals surface area contributed by atoms with Gasteiger partial charge in [0.1, 0.15) is 12.2 Å². The first-order valence-corrected chi connectivity index (χ1v) is 9.50. The molecule has 1 unspecified atom stereocenters. The highest BCUT2D eigenvalue weighted by molar-refractivity contribution is 6.11. The monoisotopic (exact) mass is 357 g/mol. The second-order valence-electron chi connectivity index (χ2n) is 7.27. The Kier molecular flexibility index (Phi) is 5.30. The van der Waals surface area contributed by atoms with Gasteiger partial charge < -0.3 is 10.2 Å². The Bertz CT molecular complexity index is 718. The minimum atomic E-state index is -0.776. The second-order valence-corrected chi connectivity index (χ2v) is 7.27. The molecule has 0 aliphatic carbocycles. The number of nitrogens with zero attached hydrogens (tertiary/aromatic N) is 2. The third-order valence-electron chi connectivity index (χ3n) is 5.40. The zero-order valence-electron chi connectivity index (χ0n) is 15.6. The average Bonchev–Trinajstić information content (AvgIpc) is 2.94. The number of amides is 3. The van der Waals surface area contributed by atoms with Crippen LogP contribution in [0.4, 0.5) is 5.69 Å². The van der Waals surface area contributed by atoms with E-state index >= 15 is 0 Å². The van der Waals surface area contributed by atoms with Crippen LogP contribution in [-0.4, -0.2) is 41.4 Å². The summed E-state index contributed by atoms with van der Waals surface area (Å²) in [6.45, 7) is 4.62. The van der Waals surface area contributed by atoms with Crippen LogP contribution in [0.5, 0.6) is 0 Å². The molecule has 1 aromatic rings. The standard InChI is InChI=1S/C20H27N3O3/c1-3-4-5-8-13-21-17(24)14-22-19(26)15-9-6-7-10-16(15)23-18(25)11-12-20(22,23)2/h6-7,9-10H,3-5,8,11-14H2,1-2H3,(H,21,24). The fourth-order valence-electron chi connectivity index (χ4n) is 3.92. The third kappa shape index (κ3) is 3.20. The Morgan fingerprint density at radius 3 is 2.73 bits per heavy atom. The third-order valence-corrected chi connectivity index (χ3v) is 5.40. The van der Waals surface area contributed by atoms with Crippen molar-refractivity contribution in [3.05, 3.63) is 29.8 Å². The van der Waals surface area contributed by atoms with E-state index in [9.17, 15) is 14.4 Å². The van der Waals surface area contributed by atoms with E-state index in [4.69, 9.17) is 0 Å². The van der Waals surface area contributed by atoms with Crippen molar-refractivity contribution in [1.82, 2.24) is 10.2 Å². The molecule has 3 amide bonds. The Morgan fingerprint density at radius 2 is 1.96 bits per heavy atom. The van der Waals surface area contributed by atoms with Crippen molar-refractivity contribution in [2.75, 3.05) is 18.0 Å². The first kappa shape index (κ1) is 18.4. The van der Waals surface area contributed by atoms with Crippen molar-refractivity contribution < 1.29 is 14.4 Å². The predicted octanol–water partition coefficient (Wildman–Crippen LogP) is 2.68. The number of nitrogens with one attached hydrogen (secondary N) is 1. The average molecular weight is 357 g/mol. The number of hydrogen-bond donors (Lipinski definition) is 1. The highest BCUT2D eigenvalue weighted by Crippen LogP contribution is 2.43. The molecule has 1 fully saturated rings. The van der Waals surface area contributed by atoms with Gasteiger partial charge in [0.25, 0.3) is 5.91 Å². The van der Waals surface area contributed by atoms with Crippen LogP contribution in [0.2, 0.25) is 0 Å². The molecule has 6 heteroatoms. The predicted molar refractivity (Wildman–Crippen MR) is 99.8 cm³/mol. The van der Waals surface area contributed by atoms with Gasteiger partial charge in [-0.15, -0.1) is 0 Å². The molecule has 1 aromatic carbocycles. The number of hydrogen-bond acceptors (Lipinski definition) is 3. The van der Waals surface area contributed by atoms with Crippen molar-refractivity contribution in [2.24, 2.45) is 0 Å². The lowest BCUT2D eigenvalue weighted by Gasteiger charge is -2.48. The molecular weight excluding hydrogens is 330 g/mol. The van der Waals surface area contributed by atoms with Gasteiger partial charge in [-0.05, 0) is 31.9 Å². The summed E-state index contributed by atoms with van der Waals surface area (Å²) >= 11 is 0. The van der Waals surface area contributed by atoms with Crippen molar-refractivity contribution >= 4 is 23.4 Å². The van der Waals surface area contributed by atoms with Crippen LogP contribution < -0.4 is 10.2 Å². The summed E-state index contributed by atoms with van der Waals surface area (Å²) in [5.41, 5.74) is 0.358. The zero-order chi connectivity index (χ0) is 18.7. The summed E-state index contributed by atoms with van der Waals surface area (Å²) in [6, 6.07) is 7.14. The van der Waals surface area contributed by atoms with Gasteiger partial charge in [0.2, 0.25) is 11.8 Å². The number of unbranched alkanes of at least 4 members (excludes halogenated alkanes) is 3. The summed E-state index contributed by atoms with van der Waals surface area (Å²) in [6.07, 6.45) is 5.26. The quantitative estimate of drug-likeness (QED) is 0.763. The minimum absolute atomic E-state index is 0.00239. The zero-order valence-corrected chi connectivity index (χ0v) is 15.6. The summed E-state index contributed by atoms with van der Waals surface area (Å²) in [7, 11) is 0. The first-order valence-electron chi connectivity index (χ1n) is 9.50. The molecule has 1 N–H and O–H groups in total. The largest absolute Gasteiger partial charge is 0.355 e. The minimum Gasteiger partial charge on any atom is -0.355 e. The topological polar surface area (TPSA) is 69.7 Å². The van der Waals surface area contributed by atoms with Crippen molar-refractivity contribution in [3.8, 4) is 0 Å². The highest BCUT2D eigenvalue weighted by Gasteiger charge is 2.53. The number of carbonyl (C=O) groups excluding carboxylic acids is 3. The summed E-state index contributed by atoms with van der Waals surface area (Å²) in [5, 5.41) is 2.91. The van der Waals surface area contributed by atoms with Crippen LogP contribution >= 0.6 is 0 Å². The smallest absolute Gasteiger partial charge is 0.258 e. The number of para-hydroxylation sites is 1. The lowest BCUT2D eigenvalue weighted by Crippen LogP contribution is -2.63. The van der Waals surface area contributed by atoms with Gasteiger partial charge in [-0.3, -0.25) is 19.3 Å². The molecule has 1 saturated heterocycles. The van der Waals surface area contributed by atoms with E-state index in [0.717, 1.165) is 25.7 Å². The molecule has 0 radical (unpaired) electrons. The maximum atomic E-state index is 13.0. The van der Waals surface area contributed by atoms with Crippen LogP contribution in [0.25, 0.3) is 0 Å². The van der Waals surface area contributed by atoms with E-state index < -0.39 is 5.66 Å². The van der Waals surface area contributed by atoms with Crippen LogP contribution in [0, 0.1) is 0 Å². The van der Waals surface area contributed by atoms with Gasteiger partial charge in [0.05, 0.1) is 11.3 Å². The van der Waals surface area contributed by atoms with E-state index in [0.29, 0.717) is 30.6 Å². The lowest BCUT2D eigenvalue weighted by molar-refractivity contribution is -0.124. The molecule has 6 nitrogen and oxygen atoms in total. The fourth-order valence-corrected chi connectivity index (χ4v) is 3.92. The van der Waals surface area contributed by atoms with Crippen LogP contribution in [-0.2, 0) is 9.59 Å². The van der Waals surface area contributed by atoms with E-state index in [1.54, 1.807) is 28.0 Å². The number of carbonyl (C=O) groups is 3. The summed E-state index contributed by atoms with van der Waals surface area (Å²) in [5.74, 6) is -0.359. The molecule has 2 aliphatic heterocycles. The van der Waals surface area contributed by atoms with Gasteiger partial charge in [0, 0.05) is 13.0 Å². The first-order chi connectivity index (χ1) is 12.5. The van der Waals surface area contributed by atoms with E-state index in [1.807, 2.05) is 13.0 Å². The molecule has 0 saturated carbocycles. The summed E-state index contributed by atoms with van der Waals surface area (Å²) < 4.78 is 0. The number of fused-ring (bicyclic) bond motifs is 3. The molecule has 3 rings (SSSR count). The Morgan fingerprint density at radius 1 is 1.19 bits per heavy atom. The molecule has 0 bridgehead atoms. The molecule has 2 heterocycles. The normalized spacial score (nSPS) is 21.6. The van der Waals surface area contributed by atoms with Crippen molar-refractivity contribution in [3.63, 3.8) is 0 Å². The molecule has 2 aliphatic rings. The Hall–Kier alpha value is -2.37. The van der Waals surface area contributed by atoms with Gasteiger partial charge in [-0.1, -0.05) is 38.3 Å². The Balaban J connectivity index is 1.76. The highest BCUT2D eigenvalue weighted by atomic mass is 16.2. The van der Waals surface area contributed by atoms with Gasteiger partial charge in [-0.25, -0.2) is 0 Å². The van der Waals surface area contributed by atoms with E-state index in [-0.39, 0.29) is 24.3 Å². The molecule has 0 spiro atoms.